The van der Waals surface area contributed by atoms with Crippen molar-refractivity contribution in [1.29, 1.82) is 0 Å². The maximum absolute atomic E-state index is 14.0. The van der Waals surface area contributed by atoms with Crippen LogP contribution in [0.2, 0.25) is 0 Å². The molecule has 1 aromatic heterocycles. The standard InChI is InChI=1S/C21H19F2N3OS/c22-15-5-6-19-16(11-15)20(25-12-14-3-1-2-4-18(14)23)17(13-24-19)21(27)26-7-9-28-10-8-26/h1-6,11,13H,7-10,12H2,(H,24,25). The highest BCUT2D eigenvalue weighted by Crippen LogP contribution is 2.29. The lowest BCUT2D eigenvalue weighted by Crippen LogP contribution is -2.38. The molecule has 3 aromatic rings. The summed E-state index contributed by atoms with van der Waals surface area (Å²) in [6.07, 6.45) is 1.52. The van der Waals surface area contributed by atoms with Crippen molar-refractivity contribution in [2.75, 3.05) is 29.9 Å². The molecule has 1 N–H and O–H groups in total. The van der Waals surface area contributed by atoms with Crippen molar-refractivity contribution < 1.29 is 13.6 Å². The first-order chi connectivity index (χ1) is 13.6. The molecule has 1 amide bonds. The Morgan fingerprint density at radius 3 is 2.71 bits per heavy atom. The van der Waals surface area contributed by atoms with E-state index in [1.807, 2.05) is 11.8 Å². The molecule has 0 aliphatic carbocycles. The molecule has 0 bridgehead atoms. The van der Waals surface area contributed by atoms with E-state index in [9.17, 15) is 13.6 Å². The van der Waals surface area contributed by atoms with E-state index < -0.39 is 5.82 Å². The van der Waals surface area contributed by atoms with E-state index in [1.54, 1.807) is 29.2 Å². The van der Waals surface area contributed by atoms with E-state index >= 15 is 0 Å². The highest BCUT2D eigenvalue weighted by atomic mass is 32.2. The summed E-state index contributed by atoms with van der Waals surface area (Å²) >= 11 is 1.81. The highest BCUT2D eigenvalue weighted by molar-refractivity contribution is 7.99. The first kappa shape index (κ1) is 18.7. The number of rotatable bonds is 4. The van der Waals surface area contributed by atoms with Gasteiger partial charge in [0, 0.05) is 48.3 Å². The first-order valence-electron chi connectivity index (χ1n) is 9.06. The Bertz CT molecular complexity index is 1020. The average Bonchev–Trinajstić information content (AvgIpc) is 2.73. The fourth-order valence-corrected chi connectivity index (χ4v) is 4.18. The fourth-order valence-electron chi connectivity index (χ4n) is 3.28. The van der Waals surface area contributed by atoms with Crippen LogP contribution in [-0.2, 0) is 6.54 Å². The molecular formula is C21H19F2N3OS. The molecule has 28 heavy (non-hydrogen) atoms. The van der Waals surface area contributed by atoms with Crippen LogP contribution in [-0.4, -0.2) is 40.4 Å². The third kappa shape index (κ3) is 3.80. The zero-order chi connectivity index (χ0) is 19.5. The van der Waals surface area contributed by atoms with Crippen LogP contribution in [0.5, 0.6) is 0 Å². The van der Waals surface area contributed by atoms with Crippen LogP contribution in [0.25, 0.3) is 10.9 Å². The molecule has 144 valence electrons. The molecule has 1 aliphatic rings. The average molecular weight is 399 g/mol. The van der Waals surface area contributed by atoms with Crippen LogP contribution in [0.3, 0.4) is 0 Å². The minimum Gasteiger partial charge on any atom is -0.380 e. The Morgan fingerprint density at radius 2 is 1.93 bits per heavy atom. The molecular weight excluding hydrogens is 380 g/mol. The van der Waals surface area contributed by atoms with Crippen molar-refractivity contribution >= 4 is 34.3 Å². The Balaban J connectivity index is 1.74. The van der Waals surface area contributed by atoms with Crippen LogP contribution in [0.1, 0.15) is 15.9 Å². The Morgan fingerprint density at radius 1 is 1.14 bits per heavy atom. The lowest BCUT2D eigenvalue weighted by atomic mass is 10.1. The highest BCUT2D eigenvalue weighted by Gasteiger charge is 2.23. The number of halogens is 2. The van der Waals surface area contributed by atoms with Crippen LogP contribution in [0.15, 0.2) is 48.7 Å². The molecule has 0 atom stereocenters. The number of aromatic nitrogens is 1. The second-order valence-corrected chi connectivity index (χ2v) is 7.78. The summed E-state index contributed by atoms with van der Waals surface area (Å²) in [5.74, 6) is 0.885. The number of anilines is 1. The van der Waals surface area contributed by atoms with Crippen LogP contribution in [0.4, 0.5) is 14.5 Å². The molecule has 0 spiro atoms. The van der Waals surface area contributed by atoms with Crippen molar-refractivity contribution in [3.05, 3.63) is 71.4 Å². The Hall–Kier alpha value is -2.67. The van der Waals surface area contributed by atoms with Crippen molar-refractivity contribution in [2.45, 2.75) is 6.54 Å². The normalized spacial score (nSPS) is 14.3. The maximum atomic E-state index is 14.0. The molecule has 4 rings (SSSR count). The van der Waals surface area contributed by atoms with Gasteiger partial charge in [-0.25, -0.2) is 8.78 Å². The fraction of sp³-hybridized carbons (Fsp3) is 0.238. The van der Waals surface area contributed by atoms with Crippen LogP contribution < -0.4 is 5.32 Å². The van der Waals surface area contributed by atoms with Crippen LogP contribution >= 0.6 is 11.8 Å². The van der Waals surface area contributed by atoms with Crippen molar-refractivity contribution in [3.8, 4) is 0 Å². The van der Waals surface area contributed by atoms with Gasteiger partial charge in [0.15, 0.2) is 0 Å². The van der Waals surface area contributed by atoms with E-state index in [-0.39, 0.29) is 18.3 Å². The quantitative estimate of drug-likeness (QED) is 0.710. The number of hydrogen-bond acceptors (Lipinski definition) is 4. The van der Waals surface area contributed by atoms with E-state index in [0.717, 1.165) is 11.5 Å². The molecule has 2 heterocycles. The monoisotopic (exact) mass is 399 g/mol. The predicted octanol–water partition coefficient (Wildman–Crippen LogP) is 4.31. The lowest BCUT2D eigenvalue weighted by molar-refractivity contribution is 0.0773. The summed E-state index contributed by atoms with van der Waals surface area (Å²) in [5.41, 5.74) is 1.90. The minimum atomic E-state index is -0.415. The number of carbonyl (C=O) groups excluding carboxylic acids is 1. The smallest absolute Gasteiger partial charge is 0.257 e. The number of hydrogen-bond donors (Lipinski definition) is 1. The van der Waals surface area contributed by atoms with Gasteiger partial charge in [0.25, 0.3) is 5.91 Å². The summed E-state index contributed by atoms with van der Waals surface area (Å²) in [6, 6.07) is 10.7. The molecule has 4 nitrogen and oxygen atoms in total. The first-order valence-corrected chi connectivity index (χ1v) is 10.2. The third-order valence-electron chi connectivity index (χ3n) is 4.77. The van der Waals surface area contributed by atoms with E-state index in [4.69, 9.17) is 0 Å². The summed E-state index contributed by atoms with van der Waals surface area (Å²) in [4.78, 5) is 19.2. The second kappa shape index (κ2) is 8.14. The molecule has 1 aliphatic heterocycles. The van der Waals surface area contributed by atoms with Gasteiger partial charge in [0.1, 0.15) is 11.6 Å². The molecule has 0 saturated carbocycles. The van der Waals surface area contributed by atoms with E-state index in [1.165, 1.54) is 24.4 Å². The van der Waals surface area contributed by atoms with Gasteiger partial charge in [0.05, 0.1) is 16.8 Å². The lowest BCUT2D eigenvalue weighted by Gasteiger charge is -2.27. The molecule has 0 unspecified atom stereocenters. The molecule has 7 heteroatoms. The zero-order valence-electron chi connectivity index (χ0n) is 15.1. The Kier molecular flexibility index (Phi) is 5.43. The number of nitrogens with zero attached hydrogens (tertiary/aromatic N) is 2. The number of fused-ring (bicyclic) bond motifs is 1. The van der Waals surface area contributed by atoms with Crippen molar-refractivity contribution in [3.63, 3.8) is 0 Å². The number of carbonyl (C=O) groups is 1. The zero-order valence-corrected chi connectivity index (χ0v) is 15.9. The number of nitrogens with one attached hydrogen (secondary N) is 1. The molecule has 0 radical (unpaired) electrons. The summed E-state index contributed by atoms with van der Waals surface area (Å²) in [6.45, 7) is 1.51. The molecule has 1 saturated heterocycles. The second-order valence-electron chi connectivity index (χ2n) is 6.56. The van der Waals surface area contributed by atoms with Crippen LogP contribution in [0, 0.1) is 11.6 Å². The molecule has 2 aromatic carbocycles. The number of benzene rings is 2. The van der Waals surface area contributed by atoms with Gasteiger partial charge >= 0.3 is 0 Å². The topological polar surface area (TPSA) is 45.2 Å². The van der Waals surface area contributed by atoms with Gasteiger partial charge in [-0.05, 0) is 24.3 Å². The van der Waals surface area contributed by atoms with Crippen molar-refractivity contribution in [2.24, 2.45) is 0 Å². The SMILES string of the molecule is O=C(c1cnc2ccc(F)cc2c1NCc1ccccc1F)N1CCSCC1. The van der Waals surface area contributed by atoms with Gasteiger partial charge in [-0.2, -0.15) is 11.8 Å². The Labute approximate surface area is 165 Å². The van der Waals surface area contributed by atoms with Gasteiger partial charge in [0.2, 0.25) is 0 Å². The molecule has 1 fully saturated rings. The van der Waals surface area contributed by atoms with E-state index in [0.29, 0.717) is 40.8 Å². The number of thioether (sulfide) groups is 1. The third-order valence-corrected chi connectivity index (χ3v) is 5.71. The summed E-state index contributed by atoms with van der Waals surface area (Å²) in [7, 11) is 0. The minimum absolute atomic E-state index is 0.144. The summed E-state index contributed by atoms with van der Waals surface area (Å²) in [5, 5.41) is 3.67. The number of amides is 1. The number of pyridine rings is 1. The summed E-state index contributed by atoms with van der Waals surface area (Å²) < 4.78 is 27.9. The largest absolute Gasteiger partial charge is 0.380 e. The van der Waals surface area contributed by atoms with E-state index in [2.05, 4.69) is 10.3 Å². The van der Waals surface area contributed by atoms with Gasteiger partial charge < -0.3 is 10.2 Å². The van der Waals surface area contributed by atoms with Gasteiger partial charge in [-0.1, -0.05) is 18.2 Å². The van der Waals surface area contributed by atoms with Gasteiger partial charge in [-0.15, -0.1) is 0 Å². The maximum Gasteiger partial charge on any atom is 0.257 e. The van der Waals surface area contributed by atoms with Gasteiger partial charge in [-0.3, -0.25) is 9.78 Å². The van der Waals surface area contributed by atoms with Crippen molar-refractivity contribution in [1.82, 2.24) is 9.88 Å². The predicted molar refractivity (Wildman–Crippen MR) is 109 cm³/mol.